The number of fused-ring (bicyclic) bond motifs is 1. The van der Waals surface area contributed by atoms with Gasteiger partial charge in [0.1, 0.15) is 17.1 Å². The molecular weight excluding hydrogens is 563 g/mol. The molecular formula is C38H67N2O3P. The first-order valence-corrected chi connectivity index (χ1v) is 18.9. The van der Waals surface area contributed by atoms with Gasteiger partial charge in [-0.25, -0.2) is 4.67 Å². The van der Waals surface area contributed by atoms with Gasteiger partial charge in [0, 0.05) is 30.0 Å². The molecule has 1 aromatic rings. The van der Waals surface area contributed by atoms with Crippen molar-refractivity contribution < 1.29 is 14.2 Å². The van der Waals surface area contributed by atoms with Gasteiger partial charge in [-0.1, -0.05) is 72.6 Å². The number of rotatable bonds is 19. The van der Waals surface area contributed by atoms with Crippen LogP contribution in [0.1, 0.15) is 155 Å². The Morgan fingerprint density at radius 1 is 0.886 bits per heavy atom. The maximum Gasteiger partial charge on any atom is 0.318 e. The molecule has 0 spiro atoms. The molecule has 1 aliphatic heterocycles. The molecule has 0 saturated carbocycles. The fourth-order valence-electron chi connectivity index (χ4n) is 7.26. The van der Waals surface area contributed by atoms with Gasteiger partial charge in [-0.2, -0.15) is 5.26 Å². The molecule has 0 fully saturated rings. The predicted molar refractivity (Wildman–Crippen MR) is 188 cm³/mol. The number of benzene rings is 1. The van der Waals surface area contributed by atoms with Crippen LogP contribution in [0.25, 0.3) is 0 Å². The molecule has 2 rings (SSSR count). The number of hydrogen-bond donors (Lipinski definition) is 1. The second-order valence-corrected chi connectivity index (χ2v) is 16.4. The Kier molecular flexibility index (Phi) is 16.0. The molecule has 44 heavy (non-hydrogen) atoms. The number of hydrogen-bond acceptors (Lipinski definition) is 5. The van der Waals surface area contributed by atoms with Crippen LogP contribution >= 0.6 is 8.53 Å². The maximum atomic E-state index is 11.2. The third kappa shape index (κ3) is 10.9. The lowest BCUT2D eigenvalue weighted by atomic mass is 9.74. The molecule has 252 valence electrons. The molecule has 0 radical (unpaired) electrons. The molecule has 1 aliphatic rings. The van der Waals surface area contributed by atoms with E-state index in [0.717, 1.165) is 71.6 Å². The summed E-state index contributed by atoms with van der Waals surface area (Å²) in [5.41, 5.74) is 4.10. The number of nitriles is 1. The summed E-state index contributed by atoms with van der Waals surface area (Å²) < 4.78 is 15.4. The summed E-state index contributed by atoms with van der Waals surface area (Å²) >= 11 is 0. The lowest BCUT2D eigenvalue weighted by Gasteiger charge is -2.44. The smallest absolute Gasteiger partial charge is 0.318 e. The highest BCUT2D eigenvalue weighted by atomic mass is 31.2. The first-order chi connectivity index (χ1) is 20.6. The van der Waals surface area contributed by atoms with Crippen LogP contribution in [0.5, 0.6) is 11.5 Å². The first kappa shape index (κ1) is 38.8. The highest BCUT2D eigenvalue weighted by molar-refractivity contribution is 7.44. The molecule has 2 unspecified atom stereocenters. The summed E-state index contributed by atoms with van der Waals surface area (Å²) in [6, 6.07) is 2.74. The Labute approximate surface area is 273 Å². The SMILES string of the molecule is Cc1c(C)c2c(c(C)c1OP(O)N(C(C)C)C(C)C)CC(CCC#N)[C@@](C)(CCC[C@H](C)CCC[C@H](C)CCCC(C)C)O2. The third-order valence-corrected chi connectivity index (χ3v) is 11.9. The van der Waals surface area contributed by atoms with Crippen LogP contribution in [0.2, 0.25) is 0 Å². The van der Waals surface area contributed by atoms with E-state index < -0.39 is 8.53 Å². The minimum Gasteiger partial charge on any atom is -0.487 e. The van der Waals surface area contributed by atoms with E-state index >= 15 is 0 Å². The van der Waals surface area contributed by atoms with Crippen molar-refractivity contribution in [3.8, 4) is 17.6 Å². The fraction of sp³-hybridized carbons (Fsp3) is 0.816. The van der Waals surface area contributed by atoms with E-state index in [-0.39, 0.29) is 23.6 Å². The second kappa shape index (κ2) is 18.1. The van der Waals surface area contributed by atoms with Gasteiger partial charge >= 0.3 is 8.53 Å². The maximum absolute atomic E-state index is 11.2. The molecule has 5 nitrogen and oxygen atoms in total. The monoisotopic (exact) mass is 630 g/mol. The van der Waals surface area contributed by atoms with Crippen molar-refractivity contribution in [3.63, 3.8) is 0 Å². The third-order valence-electron chi connectivity index (χ3n) is 10.2. The van der Waals surface area contributed by atoms with E-state index in [2.05, 4.69) is 89.2 Å². The summed E-state index contributed by atoms with van der Waals surface area (Å²) in [6.45, 7) is 26.5. The van der Waals surface area contributed by atoms with Crippen molar-refractivity contribution in [3.05, 3.63) is 22.3 Å². The molecule has 1 heterocycles. The lowest BCUT2D eigenvalue weighted by Crippen LogP contribution is -2.45. The zero-order valence-corrected chi connectivity index (χ0v) is 31.4. The molecule has 0 aromatic heterocycles. The Morgan fingerprint density at radius 2 is 1.43 bits per heavy atom. The van der Waals surface area contributed by atoms with Crippen LogP contribution in [-0.4, -0.2) is 27.2 Å². The van der Waals surface area contributed by atoms with Gasteiger partial charge in [0.2, 0.25) is 0 Å². The Bertz CT molecular complexity index is 1060. The molecule has 6 heteroatoms. The van der Waals surface area contributed by atoms with Crippen LogP contribution in [0.4, 0.5) is 0 Å². The van der Waals surface area contributed by atoms with Crippen molar-refractivity contribution in [2.24, 2.45) is 23.7 Å². The van der Waals surface area contributed by atoms with E-state index in [1.165, 1.54) is 50.5 Å². The van der Waals surface area contributed by atoms with Gasteiger partial charge in [-0.05, 0) is 116 Å². The molecule has 0 amide bonds. The minimum atomic E-state index is -1.78. The van der Waals surface area contributed by atoms with Crippen LogP contribution in [-0.2, 0) is 6.42 Å². The van der Waals surface area contributed by atoms with Crippen molar-refractivity contribution in [1.29, 1.82) is 5.26 Å². The standard InChI is InChI=1S/C38H67N2O3P/c1-26(2)17-13-18-29(7)19-14-20-30(8)21-15-23-38(12)34(22-16-24-39)25-35-33(11)36(31(9)32(10)37(35)42-38)43-44(41)40(27(3)4)28(5)6/h26-30,34,41H,13-23,25H2,1-12H3/t29-,30-,34?,38-,44?/m1/s1. The van der Waals surface area contributed by atoms with E-state index in [9.17, 15) is 10.2 Å². The molecule has 0 aliphatic carbocycles. The minimum absolute atomic E-state index is 0.177. The number of nitrogens with zero attached hydrogens (tertiary/aromatic N) is 2. The van der Waals surface area contributed by atoms with Crippen molar-refractivity contribution in [2.75, 3.05) is 0 Å². The Morgan fingerprint density at radius 3 is 1.95 bits per heavy atom. The van der Waals surface area contributed by atoms with Gasteiger partial charge < -0.3 is 14.2 Å². The van der Waals surface area contributed by atoms with Crippen LogP contribution < -0.4 is 9.26 Å². The van der Waals surface area contributed by atoms with Gasteiger partial charge in [0.15, 0.2) is 0 Å². The van der Waals surface area contributed by atoms with Gasteiger partial charge in [-0.3, -0.25) is 0 Å². The lowest BCUT2D eigenvalue weighted by molar-refractivity contribution is -0.00526. The summed E-state index contributed by atoms with van der Waals surface area (Å²) in [6.07, 6.45) is 13.7. The molecule has 0 bridgehead atoms. The van der Waals surface area contributed by atoms with Crippen molar-refractivity contribution >= 4 is 8.53 Å². The molecule has 0 saturated heterocycles. The first-order valence-electron chi connectivity index (χ1n) is 17.8. The van der Waals surface area contributed by atoms with E-state index in [1.54, 1.807) is 0 Å². The zero-order valence-electron chi connectivity index (χ0n) is 30.6. The van der Waals surface area contributed by atoms with E-state index in [4.69, 9.17) is 9.26 Å². The average molecular weight is 631 g/mol. The summed E-state index contributed by atoms with van der Waals surface area (Å²) in [7, 11) is -1.78. The largest absolute Gasteiger partial charge is 0.487 e. The zero-order chi connectivity index (χ0) is 33.2. The van der Waals surface area contributed by atoms with Crippen LogP contribution in [0.15, 0.2) is 0 Å². The van der Waals surface area contributed by atoms with Crippen molar-refractivity contribution in [2.45, 2.75) is 178 Å². The summed E-state index contributed by atoms with van der Waals surface area (Å²) in [5.74, 6) is 4.43. The highest BCUT2D eigenvalue weighted by Crippen LogP contribution is 2.51. The highest BCUT2D eigenvalue weighted by Gasteiger charge is 2.42. The summed E-state index contributed by atoms with van der Waals surface area (Å²) in [4.78, 5) is 11.2. The van der Waals surface area contributed by atoms with Crippen LogP contribution in [0, 0.1) is 55.8 Å². The Balaban J connectivity index is 2.13. The second-order valence-electron chi connectivity index (χ2n) is 15.3. The fourth-order valence-corrected chi connectivity index (χ4v) is 8.58. The normalized spacial score (nSPS) is 20.5. The Hall–Kier alpha value is -1.34. The quantitative estimate of drug-likeness (QED) is 0.154. The topological polar surface area (TPSA) is 65.7 Å². The van der Waals surface area contributed by atoms with Gasteiger partial charge in [0.05, 0.1) is 6.07 Å². The molecule has 1 N–H and O–H groups in total. The van der Waals surface area contributed by atoms with Crippen LogP contribution in [0.3, 0.4) is 0 Å². The average Bonchev–Trinajstić information content (AvgIpc) is 2.92. The number of ether oxygens (including phenoxy) is 1. The predicted octanol–water partition coefficient (Wildman–Crippen LogP) is 11.4. The van der Waals surface area contributed by atoms with E-state index in [0.29, 0.717) is 6.42 Å². The molecule has 1 aromatic carbocycles. The summed E-state index contributed by atoms with van der Waals surface area (Å²) in [5, 5.41) is 9.48. The molecule has 5 atom stereocenters. The van der Waals surface area contributed by atoms with Gasteiger partial charge in [-0.15, -0.1) is 0 Å². The van der Waals surface area contributed by atoms with Gasteiger partial charge in [0.25, 0.3) is 0 Å². The van der Waals surface area contributed by atoms with E-state index in [1.807, 2.05) is 4.67 Å². The van der Waals surface area contributed by atoms with Crippen molar-refractivity contribution in [1.82, 2.24) is 4.67 Å².